The molecular weight excluding hydrogens is 356 g/mol. The van der Waals surface area contributed by atoms with Gasteiger partial charge in [0, 0.05) is 23.6 Å². The van der Waals surface area contributed by atoms with Crippen molar-refractivity contribution in [1.29, 1.82) is 0 Å². The molecule has 0 atom stereocenters. The van der Waals surface area contributed by atoms with Crippen LogP contribution in [0.25, 0.3) is 0 Å². The number of carbonyl (C=O) groups is 4. The number of ketones is 1. The lowest BCUT2D eigenvalue weighted by atomic mass is 10.1. The van der Waals surface area contributed by atoms with E-state index in [9.17, 15) is 19.2 Å². The van der Waals surface area contributed by atoms with Gasteiger partial charge in [0.25, 0.3) is 11.8 Å². The Morgan fingerprint density at radius 2 is 1.92 bits per heavy atom. The molecule has 0 aromatic carbocycles. The first kappa shape index (κ1) is 18.6. The highest BCUT2D eigenvalue weighted by molar-refractivity contribution is 7.17. The second kappa shape index (κ2) is 7.99. The van der Waals surface area contributed by atoms with Gasteiger partial charge in [0.15, 0.2) is 6.61 Å². The van der Waals surface area contributed by atoms with E-state index in [0.717, 1.165) is 42.5 Å². The number of primary amides is 1. The average molecular weight is 378 g/mol. The van der Waals surface area contributed by atoms with Crippen molar-refractivity contribution >= 4 is 39.9 Å². The van der Waals surface area contributed by atoms with Crippen molar-refractivity contribution in [2.24, 2.45) is 11.7 Å². The van der Waals surface area contributed by atoms with Gasteiger partial charge in [-0.1, -0.05) is 0 Å². The maximum Gasteiger partial charge on any atom is 0.306 e. The molecular formula is C18H22N2O5S. The molecule has 0 unspecified atom stereocenters. The second-order valence-electron chi connectivity index (χ2n) is 6.73. The lowest BCUT2D eigenvalue weighted by molar-refractivity contribution is -0.147. The minimum Gasteiger partial charge on any atom is -0.456 e. The van der Waals surface area contributed by atoms with E-state index >= 15 is 0 Å². The van der Waals surface area contributed by atoms with Crippen LogP contribution in [0.2, 0.25) is 0 Å². The lowest BCUT2D eigenvalue weighted by Gasteiger charge is -2.07. The summed E-state index contributed by atoms with van der Waals surface area (Å²) in [5.41, 5.74) is 6.74. The fourth-order valence-electron chi connectivity index (χ4n) is 3.15. The molecule has 1 aromatic rings. The van der Waals surface area contributed by atoms with Crippen LogP contribution in [-0.2, 0) is 32.0 Å². The molecule has 1 saturated carbocycles. The number of thiophene rings is 1. The van der Waals surface area contributed by atoms with Crippen molar-refractivity contribution in [2.75, 3.05) is 11.9 Å². The monoisotopic (exact) mass is 378 g/mol. The smallest absolute Gasteiger partial charge is 0.306 e. The van der Waals surface area contributed by atoms with Crippen molar-refractivity contribution in [3.05, 3.63) is 16.0 Å². The van der Waals surface area contributed by atoms with Gasteiger partial charge in [0.1, 0.15) is 10.8 Å². The number of anilines is 1. The van der Waals surface area contributed by atoms with Crippen LogP contribution < -0.4 is 11.1 Å². The Balaban J connectivity index is 1.43. The molecule has 26 heavy (non-hydrogen) atoms. The Hall–Kier alpha value is -2.22. The number of carbonyl (C=O) groups excluding carboxylic acids is 4. The number of nitrogens with one attached hydrogen (secondary N) is 1. The summed E-state index contributed by atoms with van der Waals surface area (Å²) in [6.07, 6.45) is 5.51. The van der Waals surface area contributed by atoms with E-state index in [2.05, 4.69) is 5.32 Å². The minimum atomic E-state index is -0.558. The fourth-order valence-corrected chi connectivity index (χ4v) is 4.46. The van der Waals surface area contributed by atoms with Crippen LogP contribution in [0.3, 0.4) is 0 Å². The van der Waals surface area contributed by atoms with Crippen molar-refractivity contribution in [2.45, 2.75) is 51.4 Å². The van der Waals surface area contributed by atoms with E-state index in [-0.39, 0.29) is 18.1 Å². The van der Waals surface area contributed by atoms with Crippen molar-refractivity contribution < 1.29 is 23.9 Å². The third-order valence-electron chi connectivity index (χ3n) is 4.62. The normalized spacial score (nSPS) is 15.4. The first-order valence-corrected chi connectivity index (χ1v) is 9.70. The number of aryl methyl sites for hydroxylation is 1. The number of amides is 2. The summed E-state index contributed by atoms with van der Waals surface area (Å²) < 4.78 is 4.94. The fraction of sp³-hybridized carbons (Fsp3) is 0.556. The van der Waals surface area contributed by atoms with Gasteiger partial charge in [0.2, 0.25) is 0 Å². The molecule has 1 aromatic heterocycles. The molecule has 0 bridgehead atoms. The second-order valence-corrected chi connectivity index (χ2v) is 7.83. The predicted octanol–water partition coefficient (Wildman–Crippen LogP) is 1.97. The van der Waals surface area contributed by atoms with Gasteiger partial charge >= 0.3 is 5.97 Å². The van der Waals surface area contributed by atoms with Crippen molar-refractivity contribution in [3.63, 3.8) is 0 Å². The molecule has 0 radical (unpaired) electrons. The standard InChI is InChI=1S/C18H22N2O5S/c19-17(24)16-11-3-1-5-13(11)26-18(16)20-14(22)9-25-15(23)6-2-4-12(21)10-7-8-10/h10H,1-9H2,(H2,19,24)(H,20,22). The third kappa shape index (κ3) is 4.49. The van der Waals surface area contributed by atoms with E-state index in [1.165, 1.54) is 11.3 Å². The molecule has 0 spiro atoms. The number of rotatable bonds is 9. The zero-order chi connectivity index (χ0) is 18.7. The number of ether oxygens (including phenoxy) is 1. The maximum absolute atomic E-state index is 12.0. The SMILES string of the molecule is NC(=O)c1c(NC(=O)COC(=O)CCCC(=O)C2CC2)sc2c1CCC2. The highest BCUT2D eigenvalue weighted by Crippen LogP contribution is 2.38. The van der Waals surface area contributed by atoms with Crippen LogP contribution in [0.5, 0.6) is 0 Å². The van der Waals surface area contributed by atoms with E-state index in [1.807, 2.05) is 0 Å². The van der Waals surface area contributed by atoms with Gasteiger partial charge in [-0.05, 0) is 44.1 Å². The number of hydrogen-bond donors (Lipinski definition) is 2. The van der Waals surface area contributed by atoms with Crippen LogP contribution in [0.15, 0.2) is 0 Å². The minimum absolute atomic E-state index is 0.117. The van der Waals surface area contributed by atoms with E-state index in [0.29, 0.717) is 23.4 Å². The van der Waals surface area contributed by atoms with Crippen LogP contribution in [0.4, 0.5) is 5.00 Å². The summed E-state index contributed by atoms with van der Waals surface area (Å²) in [6.45, 7) is -0.420. The van der Waals surface area contributed by atoms with Gasteiger partial charge in [0.05, 0.1) is 5.56 Å². The number of hydrogen-bond acceptors (Lipinski definition) is 6. The van der Waals surface area contributed by atoms with Gasteiger partial charge in [-0.3, -0.25) is 19.2 Å². The highest BCUT2D eigenvalue weighted by atomic mass is 32.1. The van der Waals surface area contributed by atoms with Crippen molar-refractivity contribution in [1.82, 2.24) is 0 Å². The Morgan fingerprint density at radius 1 is 1.15 bits per heavy atom. The summed E-state index contributed by atoms with van der Waals surface area (Å²) in [5, 5.41) is 3.05. The largest absolute Gasteiger partial charge is 0.456 e. The molecule has 2 aliphatic carbocycles. The molecule has 1 fully saturated rings. The molecule has 2 amide bonds. The first-order valence-electron chi connectivity index (χ1n) is 8.88. The van der Waals surface area contributed by atoms with Crippen LogP contribution in [0, 0.1) is 5.92 Å². The van der Waals surface area contributed by atoms with E-state index in [4.69, 9.17) is 10.5 Å². The topological polar surface area (TPSA) is 116 Å². The molecule has 140 valence electrons. The molecule has 7 nitrogen and oxygen atoms in total. The van der Waals surface area contributed by atoms with Gasteiger partial charge in [-0.15, -0.1) is 11.3 Å². The van der Waals surface area contributed by atoms with Crippen LogP contribution in [0.1, 0.15) is 59.3 Å². The summed E-state index contributed by atoms with van der Waals surface area (Å²) in [7, 11) is 0. The summed E-state index contributed by atoms with van der Waals surface area (Å²) in [6, 6.07) is 0. The molecule has 1 heterocycles. The Morgan fingerprint density at radius 3 is 2.62 bits per heavy atom. The zero-order valence-corrected chi connectivity index (χ0v) is 15.3. The zero-order valence-electron chi connectivity index (χ0n) is 14.5. The molecule has 0 saturated heterocycles. The third-order valence-corrected chi connectivity index (χ3v) is 5.83. The molecule has 3 rings (SSSR count). The van der Waals surface area contributed by atoms with Gasteiger partial charge in [-0.25, -0.2) is 0 Å². The van der Waals surface area contributed by atoms with Gasteiger partial charge < -0.3 is 15.8 Å². The Labute approximate surface area is 155 Å². The van der Waals surface area contributed by atoms with E-state index < -0.39 is 24.4 Å². The average Bonchev–Trinajstić information content (AvgIpc) is 3.25. The summed E-state index contributed by atoms with van der Waals surface area (Å²) >= 11 is 1.35. The van der Waals surface area contributed by atoms with Crippen LogP contribution in [-0.4, -0.2) is 30.2 Å². The van der Waals surface area contributed by atoms with Crippen LogP contribution >= 0.6 is 11.3 Å². The first-order chi connectivity index (χ1) is 12.5. The van der Waals surface area contributed by atoms with E-state index in [1.54, 1.807) is 0 Å². The Kier molecular flexibility index (Phi) is 5.70. The van der Waals surface area contributed by atoms with Gasteiger partial charge in [-0.2, -0.15) is 0 Å². The summed E-state index contributed by atoms with van der Waals surface area (Å²) in [5.74, 6) is -1.16. The number of Topliss-reactive ketones (excluding diaryl/α,β-unsaturated/α-hetero) is 1. The number of fused-ring (bicyclic) bond motifs is 1. The highest BCUT2D eigenvalue weighted by Gasteiger charge is 2.29. The molecule has 8 heteroatoms. The van der Waals surface area contributed by atoms with Crippen molar-refractivity contribution in [3.8, 4) is 0 Å². The molecule has 2 aliphatic rings. The number of esters is 1. The molecule has 0 aliphatic heterocycles. The quantitative estimate of drug-likeness (QED) is 0.637. The molecule has 3 N–H and O–H groups in total. The number of nitrogens with two attached hydrogens (primary N) is 1. The maximum atomic E-state index is 12.0. The predicted molar refractivity (Wildman–Crippen MR) is 96.0 cm³/mol. The summed E-state index contributed by atoms with van der Waals surface area (Å²) in [4.78, 5) is 48.0. The lowest BCUT2D eigenvalue weighted by Crippen LogP contribution is -2.22. The Bertz CT molecular complexity index is 751.